The second-order valence-corrected chi connectivity index (χ2v) is 6.19. The number of carbonyl (C=O) groups excluding carboxylic acids is 1. The van der Waals surface area contributed by atoms with Crippen LogP contribution < -0.4 is 0 Å². The Kier molecular flexibility index (Phi) is 4.02. The minimum Gasteiger partial charge on any atom is -0.293 e. The molecule has 0 spiro atoms. The van der Waals surface area contributed by atoms with Crippen molar-refractivity contribution in [1.82, 2.24) is 0 Å². The van der Waals surface area contributed by atoms with E-state index in [9.17, 15) is 4.79 Å². The van der Waals surface area contributed by atoms with Crippen molar-refractivity contribution in [2.75, 3.05) is 5.75 Å². The van der Waals surface area contributed by atoms with E-state index in [0.717, 1.165) is 16.7 Å². The van der Waals surface area contributed by atoms with E-state index in [0.29, 0.717) is 5.75 Å². The minimum absolute atomic E-state index is 0.213. The largest absolute Gasteiger partial charge is 0.293 e. The predicted molar refractivity (Wildman–Crippen MR) is 75.3 cm³/mol. The average Bonchev–Trinajstić information content (AvgIpc) is 2.82. The van der Waals surface area contributed by atoms with Crippen molar-refractivity contribution < 1.29 is 4.79 Å². The highest BCUT2D eigenvalue weighted by Crippen LogP contribution is 2.24. The van der Waals surface area contributed by atoms with Gasteiger partial charge in [-0.3, -0.25) is 4.79 Å². The Bertz CT molecular complexity index is 515. The molecule has 0 amide bonds. The maximum absolute atomic E-state index is 12.1. The molecule has 2 aromatic rings. The first-order valence-electron chi connectivity index (χ1n) is 5.43. The summed E-state index contributed by atoms with van der Waals surface area (Å²) in [7, 11) is 0. The monoisotopic (exact) mass is 262 g/mol. The number of ketones is 1. The normalized spacial score (nSPS) is 10.5. The Morgan fingerprint density at radius 3 is 2.82 bits per heavy atom. The van der Waals surface area contributed by atoms with Gasteiger partial charge in [0, 0.05) is 5.56 Å². The molecular formula is C14H14OS2. The van der Waals surface area contributed by atoms with Gasteiger partial charge in [-0.25, -0.2) is 0 Å². The van der Waals surface area contributed by atoms with Crippen LogP contribution >= 0.6 is 23.1 Å². The van der Waals surface area contributed by atoms with Gasteiger partial charge in [0.05, 0.1) is 9.96 Å². The van der Waals surface area contributed by atoms with Crippen molar-refractivity contribution in [1.29, 1.82) is 0 Å². The summed E-state index contributed by atoms with van der Waals surface area (Å²) in [5.41, 5.74) is 3.06. The highest BCUT2D eigenvalue weighted by molar-refractivity contribution is 8.01. The van der Waals surface area contributed by atoms with Crippen LogP contribution in [0, 0.1) is 13.8 Å². The average molecular weight is 262 g/mol. The van der Waals surface area contributed by atoms with Crippen molar-refractivity contribution in [3.8, 4) is 0 Å². The molecule has 1 aromatic carbocycles. The van der Waals surface area contributed by atoms with Gasteiger partial charge in [0.25, 0.3) is 0 Å². The van der Waals surface area contributed by atoms with Gasteiger partial charge in [-0.2, -0.15) is 0 Å². The lowest BCUT2D eigenvalue weighted by Gasteiger charge is -2.05. The van der Waals surface area contributed by atoms with Gasteiger partial charge in [-0.1, -0.05) is 23.8 Å². The SMILES string of the molecule is Cc1ccc(C)c(C(=O)CSc2cccs2)c1. The van der Waals surface area contributed by atoms with Crippen LogP contribution in [0.3, 0.4) is 0 Å². The molecule has 0 atom stereocenters. The topological polar surface area (TPSA) is 17.1 Å². The lowest BCUT2D eigenvalue weighted by molar-refractivity contribution is 0.102. The van der Waals surface area contributed by atoms with Crippen LogP contribution in [-0.2, 0) is 0 Å². The standard InChI is InChI=1S/C14H14OS2/c1-10-5-6-11(2)12(8-10)13(15)9-17-14-4-3-7-16-14/h3-8H,9H2,1-2H3. The Morgan fingerprint density at radius 2 is 2.12 bits per heavy atom. The number of benzene rings is 1. The molecule has 88 valence electrons. The van der Waals surface area contributed by atoms with E-state index in [4.69, 9.17) is 0 Å². The van der Waals surface area contributed by atoms with Gasteiger partial charge >= 0.3 is 0 Å². The maximum Gasteiger partial charge on any atom is 0.173 e. The van der Waals surface area contributed by atoms with Gasteiger partial charge < -0.3 is 0 Å². The highest BCUT2D eigenvalue weighted by atomic mass is 32.2. The van der Waals surface area contributed by atoms with Crippen LogP contribution in [0.1, 0.15) is 21.5 Å². The lowest BCUT2D eigenvalue weighted by atomic mass is 10.0. The highest BCUT2D eigenvalue weighted by Gasteiger charge is 2.10. The van der Waals surface area contributed by atoms with Crippen LogP contribution in [0.25, 0.3) is 0 Å². The summed E-state index contributed by atoms with van der Waals surface area (Å²) >= 11 is 3.29. The van der Waals surface area contributed by atoms with E-state index in [1.807, 2.05) is 49.6 Å². The number of aryl methyl sites for hydroxylation is 2. The number of thioether (sulfide) groups is 1. The van der Waals surface area contributed by atoms with E-state index in [1.54, 1.807) is 23.1 Å². The summed E-state index contributed by atoms with van der Waals surface area (Å²) in [6.07, 6.45) is 0. The third-order valence-corrected chi connectivity index (χ3v) is 4.67. The zero-order chi connectivity index (χ0) is 12.3. The molecule has 17 heavy (non-hydrogen) atoms. The van der Waals surface area contributed by atoms with Crippen LogP contribution in [-0.4, -0.2) is 11.5 Å². The van der Waals surface area contributed by atoms with E-state index in [-0.39, 0.29) is 5.78 Å². The molecule has 1 nitrogen and oxygen atoms in total. The van der Waals surface area contributed by atoms with E-state index in [2.05, 4.69) is 0 Å². The molecule has 0 aliphatic rings. The van der Waals surface area contributed by atoms with Crippen LogP contribution in [0.15, 0.2) is 39.9 Å². The number of Topliss-reactive ketones (excluding diaryl/α,β-unsaturated/α-hetero) is 1. The summed E-state index contributed by atoms with van der Waals surface area (Å²) in [6.45, 7) is 4.01. The minimum atomic E-state index is 0.213. The molecule has 0 saturated heterocycles. The molecule has 0 radical (unpaired) electrons. The Labute approximate surface area is 110 Å². The predicted octanol–water partition coefficient (Wildman–Crippen LogP) is 4.34. The zero-order valence-corrected chi connectivity index (χ0v) is 11.5. The second-order valence-electron chi connectivity index (χ2n) is 3.96. The summed E-state index contributed by atoms with van der Waals surface area (Å²) in [6, 6.07) is 10.1. The molecule has 0 bridgehead atoms. The molecule has 0 N–H and O–H groups in total. The van der Waals surface area contributed by atoms with Gasteiger partial charge in [0.15, 0.2) is 5.78 Å². The Balaban J connectivity index is 2.07. The molecule has 0 aliphatic heterocycles. The third kappa shape index (κ3) is 3.20. The molecule has 0 saturated carbocycles. The number of hydrogen-bond acceptors (Lipinski definition) is 3. The first-order chi connectivity index (χ1) is 8.16. The van der Waals surface area contributed by atoms with Gasteiger partial charge in [0.2, 0.25) is 0 Å². The molecule has 1 aromatic heterocycles. The summed E-state index contributed by atoms with van der Waals surface area (Å²) in [5.74, 6) is 0.731. The van der Waals surface area contributed by atoms with Crippen molar-refractivity contribution in [2.45, 2.75) is 18.1 Å². The van der Waals surface area contributed by atoms with Crippen molar-refractivity contribution >= 4 is 28.9 Å². The van der Waals surface area contributed by atoms with Crippen molar-refractivity contribution in [3.05, 3.63) is 52.4 Å². The fourth-order valence-electron chi connectivity index (χ4n) is 1.60. The number of carbonyl (C=O) groups is 1. The molecule has 3 heteroatoms. The van der Waals surface area contributed by atoms with E-state index in [1.165, 1.54) is 4.21 Å². The third-order valence-electron chi connectivity index (χ3n) is 2.53. The summed E-state index contributed by atoms with van der Waals surface area (Å²) in [5, 5.41) is 2.03. The molecule has 2 rings (SSSR count). The van der Waals surface area contributed by atoms with E-state index < -0.39 is 0 Å². The smallest absolute Gasteiger partial charge is 0.173 e. The first kappa shape index (κ1) is 12.4. The Hall–Kier alpha value is -1.06. The fourth-order valence-corrected chi connectivity index (χ4v) is 3.26. The van der Waals surface area contributed by atoms with Crippen molar-refractivity contribution in [3.63, 3.8) is 0 Å². The van der Waals surface area contributed by atoms with E-state index >= 15 is 0 Å². The van der Waals surface area contributed by atoms with Crippen LogP contribution in [0.5, 0.6) is 0 Å². The molecular weight excluding hydrogens is 248 g/mol. The molecule has 0 fully saturated rings. The summed E-state index contributed by atoms with van der Waals surface area (Å²) < 4.78 is 1.20. The van der Waals surface area contributed by atoms with Crippen LogP contribution in [0.4, 0.5) is 0 Å². The van der Waals surface area contributed by atoms with Crippen molar-refractivity contribution in [2.24, 2.45) is 0 Å². The quantitative estimate of drug-likeness (QED) is 0.602. The lowest BCUT2D eigenvalue weighted by Crippen LogP contribution is -2.04. The summed E-state index contributed by atoms with van der Waals surface area (Å²) in [4.78, 5) is 12.1. The van der Waals surface area contributed by atoms with Gasteiger partial charge in [0.1, 0.15) is 0 Å². The van der Waals surface area contributed by atoms with Gasteiger partial charge in [-0.05, 0) is 36.9 Å². The maximum atomic E-state index is 12.1. The molecule has 0 aliphatic carbocycles. The molecule has 0 unspecified atom stereocenters. The number of rotatable bonds is 4. The molecule has 1 heterocycles. The zero-order valence-electron chi connectivity index (χ0n) is 9.90. The fraction of sp³-hybridized carbons (Fsp3) is 0.214. The first-order valence-corrected chi connectivity index (χ1v) is 7.30. The number of thiophene rings is 1. The van der Waals surface area contributed by atoms with Crippen LogP contribution in [0.2, 0.25) is 0 Å². The van der Waals surface area contributed by atoms with Gasteiger partial charge in [-0.15, -0.1) is 23.1 Å². The second kappa shape index (κ2) is 5.52. The Morgan fingerprint density at radius 1 is 1.29 bits per heavy atom. The number of hydrogen-bond donors (Lipinski definition) is 0.